The fourth-order valence-electron chi connectivity index (χ4n) is 9.23. The lowest BCUT2D eigenvalue weighted by Gasteiger charge is -2.20. The van der Waals surface area contributed by atoms with Crippen LogP contribution in [0.1, 0.15) is 18.5 Å². The Labute approximate surface area is 344 Å². The van der Waals surface area contributed by atoms with Crippen LogP contribution in [0.2, 0.25) is 0 Å². The molecule has 0 aliphatic heterocycles. The van der Waals surface area contributed by atoms with Gasteiger partial charge in [-0.15, -0.1) is 0 Å². The Hall–Kier alpha value is -6.34. The first-order chi connectivity index (χ1) is 28.2. The molecule has 3 nitrogen and oxygen atoms in total. The number of fused-ring (bicyclic) bond motifs is 9. The first-order valence-electron chi connectivity index (χ1n) is 19.5. The molecule has 0 aliphatic rings. The Bertz CT molecular complexity index is 3290. The minimum atomic E-state index is 0.228. The van der Waals surface area contributed by atoms with E-state index in [-0.39, 0.29) is 6.04 Å². The molecule has 1 atom stereocenters. The number of aromatic nitrogens is 2. The summed E-state index contributed by atoms with van der Waals surface area (Å²) in [5.74, 6) is 0.928. The van der Waals surface area contributed by atoms with E-state index in [4.69, 9.17) is 4.98 Å². The summed E-state index contributed by atoms with van der Waals surface area (Å²) in [5, 5.41) is 12.3. The van der Waals surface area contributed by atoms with Gasteiger partial charge in [0.05, 0.1) is 11.0 Å². The van der Waals surface area contributed by atoms with Crippen LogP contribution in [0, 0.1) is 0 Å². The fraction of sp³-hybridized carbons (Fsp3) is 0.0377. The number of para-hydroxylation sites is 1. The molecule has 0 saturated carbocycles. The Kier molecular flexibility index (Phi) is 8.16. The minimum Gasteiger partial charge on any atom is -0.292 e. The average molecular weight is 842 g/mol. The lowest BCUT2D eigenvalue weighted by atomic mass is 9.84. The lowest BCUT2D eigenvalue weighted by molar-refractivity contribution is 0.786. The van der Waals surface area contributed by atoms with Gasteiger partial charge in [-0.2, -0.15) is 0 Å². The molecule has 1 N–H and O–H groups in total. The highest BCUT2D eigenvalue weighted by atomic mass is 127. The van der Waals surface area contributed by atoms with Crippen LogP contribution in [0.15, 0.2) is 188 Å². The van der Waals surface area contributed by atoms with Crippen LogP contribution in [0.25, 0.3) is 104 Å². The summed E-state index contributed by atoms with van der Waals surface area (Å²) < 4.78 is 5.78. The summed E-state index contributed by atoms with van der Waals surface area (Å²) in [6.07, 6.45) is 0. The monoisotopic (exact) mass is 841 g/mol. The van der Waals surface area contributed by atoms with Crippen LogP contribution in [0.3, 0.4) is 0 Å². The third-order valence-corrected chi connectivity index (χ3v) is 12.7. The van der Waals surface area contributed by atoms with Crippen molar-refractivity contribution in [3.05, 3.63) is 194 Å². The molecule has 1 heterocycles. The zero-order chi connectivity index (χ0) is 38.0. The quantitative estimate of drug-likeness (QED) is 0.0782. The molecule has 0 spiro atoms. The Morgan fingerprint density at radius 1 is 0.439 bits per heavy atom. The van der Waals surface area contributed by atoms with E-state index in [1.54, 1.807) is 0 Å². The van der Waals surface area contributed by atoms with Crippen molar-refractivity contribution in [3.63, 3.8) is 0 Å². The molecule has 4 heteroatoms. The molecule has 1 unspecified atom stereocenters. The summed E-state index contributed by atoms with van der Waals surface area (Å²) in [4.78, 5) is 5.49. The summed E-state index contributed by atoms with van der Waals surface area (Å²) in [6.45, 7) is 2.22. The SMILES string of the molecule is CC(NI)c1cccc2c(-c3c4ccccc4c(-c4ccc(-c5nc6c7ccccc7c7ccccc7c6n5-c5ccccc5)cc4)c4ccccc34)cccc12. The van der Waals surface area contributed by atoms with Crippen molar-refractivity contribution >= 4 is 87.8 Å². The van der Waals surface area contributed by atoms with E-state index in [1.807, 2.05) is 0 Å². The number of nitrogens with zero attached hydrogens (tertiary/aromatic N) is 2. The normalized spacial score (nSPS) is 12.4. The van der Waals surface area contributed by atoms with Crippen LogP contribution in [-0.2, 0) is 0 Å². The summed E-state index contributed by atoms with van der Waals surface area (Å²) in [5.41, 5.74) is 10.6. The van der Waals surface area contributed by atoms with Gasteiger partial charge in [0.1, 0.15) is 5.82 Å². The first kappa shape index (κ1) is 34.0. The molecule has 0 radical (unpaired) electrons. The maximum absolute atomic E-state index is 5.49. The molecular weight excluding hydrogens is 806 g/mol. The fourth-order valence-corrected chi connectivity index (χ4v) is 9.57. The van der Waals surface area contributed by atoms with Crippen molar-refractivity contribution in [2.24, 2.45) is 0 Å². The van der Waals surface area contributed by atoms with Gasteiger partial charge in [-0.3, -0.25) is 8.10 Å². The molecular formula is C53H36IN3. The van der Waals surface area contributed by atoms with E-state index in [9.17, 15) is 0 Å². The highest BCUT2D eigenvalue weighted by molar-refractivity contribution is 14.1. The van der Waals surface area contributed by atoms with Crippen molar-refractivity contribution in [2.75, 3.05) is 0 Å². The second kappa shape index (κ2) is 13.7. The molecule has 0 bridgehead atoms. The summed E-state index contributed by atoms with van der Waals surface area (Å²) in [6, 6.07) is 68.7. The van der Waals surface area contributed by atoms with Gasteiger partial charge in [0.15, 0.2) is 0 Å². The topological polar surface area (TPSA) is 29.9 Å². The molecule has 270 valence electrons. The van der Waals surface area contributed by atoms with Crippen LogP contribution >= 0.6 is 22.9 Å². The van der Waals surface area contributed by atoms with Crippen molar-refractivity contribution in [1.29, 1.82) is 0 Å². The van der Waals surface area contributed by atoms with Gasteiger partial charge in [0.2, 0.25) is 0 Å². The summed E-state index contributed by atoms with van der Waals surface area (Å²) >= 11 is 2.27. The average Bonchev–Trinajstić information content (AvgIpc) is 3.69. The number of nitrogens with one attached hydrogen (secondary N) is 1. The smallest absolute Gasteiger partial charge is 0.145 e. The zero-order valence-electron chi connectivity index (χ0n) is 31.2. The van der Waals surface area contributed by atoms with Crippen molar-refractivity contribution in [2.45, 2.75) is 13.0 Å². The zero-order valence-corrected chi connectivity index (χ0v) is 33.4. The minimum absolute atomic E-state index is 0.228. The molecule has 11 aromatic rings. The third kappa shape index (κ3) is 5.32. The standard InChI is InChI=1S/C53H36IN3/c1-33(56-54)37-25-13-27-39-38(37)26-14-28-42(39)50-45-21-9-7-19-43(45)49(44-20-8-10-22-46(44)50)34-29-31-35(32-30-34)53-55-51-47-23-11-5-17-40(47)41-18-6-12-24-48(41)52(51)57(53)36-15-3-2-4-16-36/h2-33,56H,1H3. The van der Waals surface area contributed by atoms with Gasteiger partial charge in [-0.05, 0) is 90.0 Å². The Balaban J connectivity index is 1.14. The van der Waals surface area contributed by atoms with Gasteiger partial charge in [-0.25, -0.2) is 4.98 Å². The van der Waals surface area contributed by atoms with Crippen molar-refractivity contribution < 1.29 is 0 Å². The second-order valence-corrected chi connectivity index (χ2v) is 15.5. The van der Waals surface area contributed by atoms with Crippen LogP contribution in [0.5, 0.6) is 0 Å². The lowest BCUT2D eigenvalue weighted by Crippen LogP contribution is -2.06. The van der Waals surface area contributed by atoms with E-state index in [0.717, 1.165) is 33.5 Å². The van der Waals surface area contributed by atoms with E-state index >= 15 is 0 Å². The molecule has 0 fully saturated rings. The van der Waals surface area contributed by atoms with Crippen LogP contribution in [-0.4, -0.2) is 9.55 Å². The predicted octanol–water partition coefficient (Wildman–Crippen LogP) is 14.8. The molecule has 10 aromatic carbocycles. The van der Waals surface area contributed by atoms with Gasteiger partial charge in [-0.1, -0.05) is 176 Å². The van der Waals surface area contributed by atoms with E-state index in [1.165, 1.54) is 76.3 Å². The maximum Gasteiger partial charge on any atom is 0.145 e. The largest absolute Gasteiger partial charge is 0.292 e. The molecule has 0 aliphatic carbocycles. The summed E-state index contributed by atoms with van der Waals surface area (Å²) in [7, 11) is 0. The Morgan fingerprint density at radius 3 is 1.58 bits per heavy atom. The molecule has 0 amide bonds. The maximum atomic E-state index is 5.49. The third-order valence-electron chi connectivity index (χ3n) is 11.8. The van der Waals surface area contributed by atoms with Crippen LogP contribution in [0.4, 0.5) is 0 Å². The van der Waals surface area contributed by atoms with Gasteiger partial charge >= 0.3 is 0 Å². The van der Waals surface area contributed by atoms with Crippen molar-refractivity contribution in [1.82, 2.24) is 13.1 Å². The number of hydrogen-bond donors (Lipinski definition) is 1. The van der Waals surface area contributed by atoms with Crippen LogP contribution < -0.4 is 3.53 Å². The first-order valence-corrected chi connectivity index (χ1v) is 20.6. The van der Waals surface area contributed by atoms with E-state index in [0.29, 0.717) is 0 Å². The van der Waals surface area contributed by atoms with Crippen molar-refractivity contribution in [3.8, 4) is 39.3 Å². The van der Waals surface area contributed by atoms with E-state index in [2.05, 4.69) is 226 Å². The van der Waals surface area contributed by atoms with Gasteiger partial charge in [0.25, 0.3) is 0 Å². The highest BCUT2D eigenvalue weighted by Crippen LogP contribution is 2.46. The van der Waals surface area contributed by atoms with Gasteiger partial charge in [0, 0.05) is 50.9 Å². The highest BCUT2D eigenvalue weighted by Gasteiger charge is 2.22. The molecule has 0 saturated heterocycles. The van der Waals surface area contributed by atoms with E-state index < -0.39 is 0 Å². The Morgan fingerprint density at radius 2 is 0.930 bits per heavy atom. The molecule has 57 heavy (non-hydrogen) atoms. The second-order valence-electron chi connectivity index (χ2n) is 14.9. The number of halogens is 1. The number of hydrogen-bond acceptors (Lipinski definition) is 2. The molecule has 11 rings (SSSR count). The number of imidazole rings is 1. The number of benzene rings is 10. The molecule has 1 aromatic heterocycles. The number of rotatable bonds is 6. The predicted molar refractivity (Wildman–Crippen MR) is 250 cm³/mol. The van der Waals surface area contributed by atoms with Gasteiger partial charge < -0.3 is 0 Å².